The zero-order valence-electron chi connectivity index (χ0n) is 20.9. The molecule has 0 bridgehead atoms. The maximum atomic E-state index is 14.0. The topological polar surface area (TPSA) is 48.2 Å². The van der Waals surface area contributed by atoms with E-state index in [4.69, 9.17) is 50.8 Å². The molecule has 25 heteroatoms. The van der Waals surface area contributed by atoms with E-state index in [9.17, 15) is 74.6 Å². The normalized spacial score (nSPS) is 15.2. The molecule has 0 spiro atoms. The van der Waals surface area contributed by atoms with Crippen molar-refractivity contribution in [1.29, 1.82) is 0 Å². The van der Waals surface area contributed by atoms with Crippen LogP contribution in [-0.2, 0) is 3.79 Å². The zero-order valence-corrected chi connectivity index (χ0v) is 24.0. The van der Waals surface area contributed by atoms with E-state index in [0.29, 0.717) is 0 Å². The summed E-state index contributed by atoms with van der Waals surface area (Å²) in [5, 5.41) is 6.60. The van der Waals surface area contributed by atoms with Crippen molar-refractivity contribution in [2.75, 3.05) is 6.61 Å². The van der Waals surface area contributed by atoms with Gasteiger partial charge in [-0.25, -0.2) is 0 Å². The standard InChI is InChI=1S/C21H9Cl4F17N2O2/c22-10-7-9(3-1-8(10)2-4-11-43-44-12(46-11)14(23,24)25)45-6-5-13(26,27)15(28,29)16(30,31)17(32,33)18(34,35)19(36,37)20(38,39)21(40,41)42/h1-4,7H,5-6H2/b4-2+. The fraction of sp³-hybridized carbons (Fsp3) is 0.524. The minimum absolute atomic E-state index is 0.0650. The summed E-state index contributed by atoms with van der Waals surface area (Å²) in [5.41, 5.74) is 0.0650. The second-order valence-electron chi connectivity index (χ2n) is 8.71. The first-order valence-corrected chi connectivity index (χ1v) is 12.5. The number of alkyl halides is 20. The van der Waals surface area contributed by atoms with Crippen molar-refractivity contribution in [2.24, 2.45) is 0 Å². The lowest BCUT2D eigenvalue weighted by molar-refractivity contribution is -0.461. The predicted octanol–water partition coefficient (Wildman–Crippen LogP) is 10.5. The Morgan fingerprint density at radius 1 is 0.652 bits per heavy atom. The van der Waals surface area contributed by atoms with E-state index in [1.807, 2.05) is 0 Å². The van der Waals surface area contributed by atoms with Gasteiger partial charge in [0.1, 0.15) is 5.75 Å². The minimum atomic E-state index is -8.69. The lowest BCUT2D eigenvalue weighted by Gasteiger charge is -2.42. The highest BCUT2D eigenvalue weighted by Crippen LogP contribution is 2.64. The third-order valence-corrected chi connectivity index (χ3v) is 6.34. The molecule has 0 fully saturated rings. The van der Waals surface area contributed by atoms with Gasteiger partial charge in [-0.1, -0.05) is 46.4 Å². The minimum Gasteiger partial charge on any atom is -0.493 e. The first-order chi connectivity index (χ1) is 20.3. The molecule has 1 aromatic carbocycles. The van der Waals surface area contributed by atoms with Crippen molar-refractivity contribution in [1.82, 2.24) is 10.2 Å². The van der Waals surface area contributed by atoms with E-state index >= 15 is 0 Å². The van der Waals surface area contributed by atoms with Gasteiger partial charge in [0.25, 0.3) is 9.68 Å². The van der Waals surface area contributed by atoms with Gasteiger partial charge < -0.3 is 9.15 Å². The fourth-order valence-electron chi connectivity index (χ4n) is 2.96. The van der Waals surface area contributed by atoms with Crippen molar-refractivity contribution in [3.8, 4) is 5.75 Å². The molecule has 4 nitrogen and oxygen atoms in total. The molecule has 0 aliphatic carbocycles. The third kappa shape index (κ3) is 6.87. The highest BCUT2D eigenvalue weighted by atomic mass is 35.6. The van der Waals surface area contributed by atoms with Crippen LogP contribution in [-0.4, -0.2) is 64.4 Å². The lowest BCUT2D eigenvalue weighted by atomic mass is 9.88. The van der Waals surface area contributed by atoms with Crippen molar-refractivity contribution < 1.29 is 83.8 Å². The van der Waals surface area contributed by atoms with E-state index in [0.717, 1.165) is 24.3 Å². The summed E-state index contributed by atoms with van der Waals surface area (Å²) in [6, 6.07) is 2.69. The Bertz CT molecular complexity index is 1420. The molecular weight excluding hydrogens is 777 g/mol. The van der Waals surface area contributed by atoms with Crippen molar-refractivity contribution in [2.45, 2.75) is 57.8 Å². The van der Waals surface area contributed by atoms with Gasteiger partial charge in [0.2, 0.25) is 5.89 Å². The molecule has 0 saturated heterocycles. The van der Waals surface area contributed by atoms with Crippen molar-refractivity contribution in [3.05, 3.63) is 40.6 Å². The van der Waals surface area contributed by atoms with Gasteiger partial charge in [-0.15, -0.1) is 10.2 Å². The van der Waals surface area contributed by atoms with Crippen LogP contribution in [0.2, 0.25) is 5.02 Å². The van der Waals surface area contributed by atoms with E-state index in [1.54, 1.807) is 0 Å². The molecule has 262 valence electrons. The van der Waals surface area contributed by atoms with Crippen LogP contribution in [0.5, 0.6) is 5.75 Å². The van der Waals surface area contributed by atoms with E-state index < -0.39 is 76.1 Å². The molecule has 0 saturated carbocycles. The van der Waals surface area contributed by atoms with Gasteiger partial charge in [0, 0.05) is 6.08 Å². The number of halogens is 21. The molecule has 2 aromatic rings. The number of hydrogen-bond acceptors (Lipinski definition) is 4. The van der Waals surface area contributed by atoms with Crippen LogP contribution in [0.15, 0.2) is 22.6 Å². The van der Waals surface area contributed by atoms with Gasteiger partial charge in [-0.05, 0) is 29.8 Å². The van der Waals surface area contributed by atoms with E-state index in [2.05, 4.69) is 14.9 Å². The van der Waals surface area contributed by atoms with Crippen LogP contribution in [0.3, 0.4) is 0 Å². The van der Waals surface area contributed by atoms with Gasteiger partial charge in [0.15, 0.2) is 0 Å². The van der Waals surface area contributed by atoms with Crippen LogP contribution in [0.25, 0.3) is 12.2 Å². The highest BCUT2D eigenvalue weighted by molar-refractivity contribution is 6.66. The zero-order chi connectivity index (χ0) is 36.2. The summed E-state index contributed by atoms with van der Waals surface area (Å²) in [6.07, 6.45) is -8.31. The molecule has 0 unspecified atom stereocenters. The first kappa shape index (κ1) is 40.0. The van der Waals surface area contributed by atoms with E-state index in [1.165, 1.54) is 6.08 Å². The molecule has 1 heterocycles. The molecule has 0 radical (unpaired) electrons. The number of aromatic nitrogens is 2. The third-order valence-electron chi connectivity index (χ3n) is 5.53. The Morgan fingerprint density at radius 3 is 1.57 bits per heavy atom. The maximum Gasteiger partial charge on any atom is 0.460 e. The van der Waals surface area contributed by atoms with Gasteiger partial charge in [-0.3, -0.25) is 0 Å². The van der Waals surface area contributed by atoms with Crippen LogP contribution in [0.4, 0.5) is 74.6 Å². The summed E-state index contributed by atoms with van der Waals surface area (Å²) in [4.78, 5) is 0. The summed E-state index contributed by atoms with van der Waals surface area (Å²) >= 11 is 22.5. The fourth-order valence-corrected chi connectivity index (χ4v) is 3.42. The number of nitrogens with zero attached hydrogens (tertiary/aromatic N) is 2. The molecule has 0 aliphatic rings. The molecule has 1 aromatic heterocycles. The Kier molecular flexibility index (Phi) is 10.8. The summed E-state index contributed by atoms with van der Waals surface area (Å²) in [5.74, 6) is -58.2. The molecule has 0 atom stereocenters. The lowest BCUT2D eigenvalue weighted by Crippen LogP contribution is -2.74. The average molecular weight is 786 g/mol. The maximum absolute atomic E-state index is 14.0. The molecule has 0 N–H and O–H groups in total. The molecule has 0 amide bonds. The Balaban J connectivity index is 2.23. The largest absolute Gasteiger partial charge is 0.493 e. The van der Waals surface area contributed by atoms with Crippen molar-refractivity contribution >= 4 is 58.6 Å². The van der Waals surface area contributed by atoms with Crippen molar-refractivity contribution in [3.63, 3.8) is 0 Å². The second kappa shape index (κ2) is 12.4. The van der Waals surface area contributed by atoms with Gasteiger partial charge in [0.05, 0.1) is 18.1 Å². The number of ether oxygens (including phenoxy) is 1. The number of rotatable bonds is 12. The van der Waals surface area contributed by atoms with Gasteiger partial charge >= 0.3 is 47.6 Å². The molecule has 0 aliphatic heterocycles. The summed E-state index contributed by atoms with van der Waals surface area (Å²) < 4.78 is 234. The Hall–Kier alpha value is -2.13. The predicted molar refractivity (Wildman–Crippen MR) is 125 cm³/mol. The monoisotopic (exact) mass is 784 g/mol. The van der Waals surface area contributed by atoms with Crippen LogP contribution in [0.1, 0.15) is 23.8 Å². The molecular formula is C21H9Cl4F17N2O2. The SMILES string of the molecule is FC(F)(F)C(F)(F)C(F)(F)C(F)(F)C(F)(F)C(F)(F)C(F)(F)C(F)(F)CCOc1ccc(/C=C/c2nnc(C(Cl)(Cl)Cl)o2)c(Cl)c1. The number of benzene rings is 1. The average Bonchev–Trinajstić information content (AvgIpc) is 3.36. The number of hydrogen-bond donors (Lipinski definition) is 0. The highest BCUT2D eigenvalue weighted by Gasteiger charge is 2.95. The quantitative estimate of drug-likeness (QED) is 0.159. The van der Waals surface area contributed by atoms with Gasteiger partial charge in [-0.2, -0.15) is 74.6 Å². The Labute approximate surface area is 263 Å². The first-order valence-electron chi connectivity index (χ1n) is 11.0. The van der Waals surface area contributed by atoms with E-state index in [-0.39, 0.29) is 16.5 Å². The molecule has 2 rings (SSSR count). The summed E-state index contributed by atoms with van der Waals surface area (Å²) in [7, 11) is 0. The second-order valence-corrected chi connectivity index (χ2v) is 11.4. The van der Waals surface area contributed by atoms with Crippen LogP contribution < -0.4 is 4.74 Å². The summed E-state index contributed by atoms with van der Waals surface area (Å²) in [6.45, 7) is -1.84. The Morgan fingerprint density at radius 2 is 1.13 bits per heavy atom. The smallest absolute Gasteiger partial charge is 0.460 e. The molecule has 46 heavy (non-hydrogen) atoms. The van der Waals surface area contributed by atoms with Crippen LogP contribution >= 0.6 is 46.4 Å². The van der Waals surface area contributed by atoms with Crippen LogP contribution in [0, 0.1) is 0 Å².